The highest BCUT2D eigenvalue weighted by molar-refractivity contribution is 5.95. The van der Waals surface area contributed by atoms with Crippen molar-refractivity contribution in [2.75, 3.05) is 5.32 Å². The molecule has 4 nitrogen and oxygen atoms in total. The molecule has 1 saturated carbocycles. The molecular weight excluding hydrogens is 254 g/mol. The minimum Gasteiger partial charge on any atom is -0.481 e. The molecule has 1 aliphatic carbocycles. The lowest BCUT2D eigenvalue weighted by Crippen LogP contribution is -2.28. The summed E-state index contributed by atoms with van der Waals surface area (Å²) < 4.78 is 0. The normalized spacial score (nSPS) is 20.3. The number of carbonyl (C=O) groups excluding carboxylic acids is 1. The molecule has 108 valence electrons. The van der Waals surface area contributed by atoms with Gasteiger partial charge in [0.05, 0.1) is 5.41 Å². The zero-order valence-corrected chi connectivity index (χ0v) is 12.4. The maximum Gasteiger partial charge on any atom is 0.313 e. The Bertz CT molecular complexity index is 543. The number of benzene rings is 1. The fraction of sp³-hybridized carbons (Fsp3) is 0.500. The highest BCUT2D eigenvalue weighted by Crippen LogP contribution is 2.51. The molecule has 0 aromatic heterocycles. The fourth-order valence-corrected chi connectivity index (χ4v) is 2.24. The van der Waals surface area contributed by atoms with E-state index in [1.165, 1.54) is 0 Å². The summed E-state index contributed by atoms with van der Waals surface area (Å²) >= 11 is 0. The van der Waals surface area contributed by atoms with Crippen LogP contribution in [0.25, 0.3) is 0 Å². The van der Waals surface area contributed by atoms with E-state index in [9.17, 15) is 14.7 Å². The van der Waals surface area contributed by atoms with Crippen molar-refractivity contribution in [1.29, 1.82) is 0 Å². The molecule has 0 spiro atoms. The monoisotopic (exact) mass is 275 g/mol. The van der Waals surface area contributed by atoms with Gasteiger partial charge in [0.15, 0.2) is 0 Å². The van der Waals surface area contributed by atoms with E-state index < -0.39 is 11.4 Å². The van der Waals surface area contributed by atoms with E-state index in [1.807, 2.05) is 0 Å². The van der Waals surface area contributed by atoms with Gasteiger partial charge in [-0.05, 0) is 43.4 Å². The van der Waals surface area contributed by atoms with Gasteiger partial charge < -0.3 is 10.4 Å². The van der Waals surface area contributed by atoms with Crippen molar-refractivity contribution < 1.29 is 14.7 Å². The zero-order chi connectivity index (χ0) is 15.1. The van der Waals surface area contributed by atoms with E-state index in [0.29, 0.717) is 5.69 Å². The first-order valence-corrected chi connectivity index (χ1v) is 6.79. The van der Waals surface area contributed by atoms with Gasteiger partial charge in [-0.15, -0.1) is 0 Å². The highest BCUT2D eigenvalue weighted by atomic mass is 16.4. The molecule has 4 heteroatoms. The van der Waals surface area contributed by atoms with Gasteiger partial charge in [-0.1, -0.05) is 26.0 Å². The number of hydrogen-bond acceptors (Lipinski definition) is 2. The smallest absolute Gasteiger partial charge is 0.313 e. The largest absolute Gasteiger partial charge is 0.481 e. The van der Waals surface area contributed by atoms with Crippen LogP contribution in [0.5, 0.6) is 0 Å². The van der Waals surface area contributed by atoms with E-state index >= 15 is 0 Å². The maximum absolute atomic E-state index is 12.0. The molecule has 0 bridgehead atoms. The quantitative estimate of drug-likeness (QED) is 0.887. The summed E-state index contributed by atoms with van der Waals surface area (Å²) in [5.41, 5.74) is 0.605. The lowest BCUT2D eigenvalue weighted by molar-refractivity contribution is -0.142. The van der Waals surface area contributed by atoms with Gasteiger partial charge >= 0.3 is 5.97 Å². The Morgan fingerprint density at radius 1 is 1.25 bits per heavy atom. The first kappa shape index (κ1) is 14.6. The molecule has 1 amide bonds. The number of aliphatic carboxylic acids is 1. The topological polar surface area (TPSA) is 66.4 Å². The second-order valence-electron chi connectivity index (χ2n) is 6.74. The molecule has 20 heavy (non-hydrogen) atoms. The average Bonchev–Trinajstić information content (AvgIpc) is 2.99. The predicted octanol–water partition coefficient (Wildman–Crippen LogP) is 3.03. The van der Waals surface area contributed by atoms with E-state index in [1.54, 1.807) is 38.1 Å². The molecule has 1 atom stereocenters. The molecule has 2 rings (SSSR count). The number of carbonyl (C=O) groups is 2. The number of amides is 1. The van der Waals surface area contributed by atoms with E-state index in [0.717, 1.165) is 12.0 Å². The SMILES string of the molecule is CC(C)(C(=O)O)c1ccc(NC(=O)C2CC2(C)C)cc1. The van der Waals surface area contributed by atoms with Crippen LogP contribution in [0, 0.1) is 11.3 Å². The van der Waals surface area contributed by atoms with Crippen LogP contribution in [0.4, 0.5) is 5.69 Å². The third-order valence-corrected chi connectivity index (χ3v) is 4.24. The molecular formula is C16H21NO3. The minimum absolute atomic E-state index is 0.0419. The summed E-state index contributed by atoms with van der Waals surface area (Å²) in [5.74, 6) is -0.744. The Hall–Kier alpha value is -1.84. The summed E-state index contributed by atoms with van der Waals surface area (Å²) in [5, 5.41) is 12.1. The number of carboxylic acids is 1. The summed E-state index contributed by atoms with van der Waals surface area (Å²) in [6.07, 6.45) is 0.920. The molecule has 0 radical (unpaired) electrons. The lowest BCUT2D eigenvalue weighted by Gasteiger charge is -2.20. The molecule has 1 aromatic rings. The summed E-state index contributed by atoms with van der Waals surface area (Å²) in [4.78, 5) is 23.2. The Kier molecular flexibility index (Phi) is 3.36. The lowest BCUT2D eigenvalue weighted by atomic mass is 9.85. The van der Waals surface area contributed by atoms with Crippen LogP contribution < -0.4 is 5.32 Å². The Morgan fingerprint density at radius 3 is 2.15 bits per heavy atom. The highest BCUT2D eigenvalue weighted by Gasteiger charge is 2.50. The van der Waals surface area contributed by atoms with Gasteiger partial charge in [0.1, 0.15) is 0 Å². The summed E-state index contributed by atoms with van der Waals surface area (Å²) in [6.45, 7) is 7.48. The van der Waals surface area contributed by atoms with Gasteiger partial charge in [-0.25, -0.2) is 0 Å². The molecule has 1 fully saturated rings. The van der Waals surface area contributed by atoms with E-state index in [2.05, 4.69) is 19.2 Å². The van der Waals surface area contributed by atoms with E-state index in [-0.39, 0.29) is 17.2 Å². The first-order valence-electron chi connectivity index (χ1n) is 6.79. The summed E-state index contributed by atoms with van der Waals surface area (Å²) in [7, 11) is 0. The van der Waals surface area contributed by atoms with Crippen molar-refractivity contribution in [2.45, 2.75) is 39.5 Å². The zero-order valence-electron chi connectivity index (χ0n) is 12.4. The van der Waals surface area contributed by atoms with Crippen molar-refractivity contribution in [1.82, 2.24) is 0 Å². The van der Waals surface area contributed by atoms with Crippen LogP contribution >= 0.6 is 0 Å². The van der Waals surface area contributed by atoms with Crippen LogP contribution in [0.1, 0.15) is 39.7 Å². The molecule has 1 aliphatic rings. The minimum atomic E-state index is -0.930. The van der Waals surface area contributed by atoms with Crippen LogP contribution in [-0.4, -0.2) is 17.0 Å². The average molecular weight is 275 g/mol. The van der Waals surface area contributed by atoms with Crippen molar-refractivity contribution in [2.24, 2.45) is 11.3 Å². The van der Waals surface area contributed by atoms with Crippen molar-refractivity contribution in [3.63, 3.8) is 0 Å². The Labute approximate surface area is 119 Å². The van der Waals surface area contributed by atoms with Crippen molar-refractivity contribution >= 4 is 17.6 Å². The number of anilines is 1. The molecule has 0 aliphatic heterocycles. The van der Waals surface area contributed by atoms with Crippen LogP contribution in [0.15, 0.2) is 24.3 Å². The van der Waals surface area contributed by atoms with Gasteiger partial charge in [-0.3, -0.25) is 9.59 Å². The number of nitrogens with one attached hydrogen (secondary N) is 1. The molecule has 0 heterocycles. The third kappa shape index (κ3) is 2.69. The second-order valence-corrected chi connectivity index (χ2v) is 6.74. The Balaban J connectivity index is 2.06. The first-order chi connectivity index (χ1) is 9.14. The predicted molar refractivity (Wildman–Crippen MR) is 77.6 cm³/mol. The van der Waals surface area contributed by atoms with Gasteiger partial charge in [-0.2, -0.15) is 0 Å². The number of carboxylic acid groups (broad SMARTS) is 1. The standard InChI is InChI=1S/C16H21NO3/c1-15(2)9-12(15)13(18)17-11-7-5-10(6-8-11)16(3,4)14(19)20/h5-8,12H,9H2,1-4H3,(H,17,18)(H,19,20). The fourth-order valence-electron chi connectivity index (χ4n) is 2.24. The summed E-state index contributed by atoms with van der Waals surface area (Å²) in [6, 6.07) is 7.02. The molecule has 1 unspecified atom stereocenters. The van der Waals surface area contributed by atoms with Crippen LogP contribution in [0.3, 0.4) is 0 Å². The van der Waals surface area contributed by atoms with Gasteiger partial charge in [0.25, 0.3) is 0 Å². The molecule has 0 saturated heterocycles. The van der Waals surface area contributed by atoms with E-state index in [4.69, 9.17) is 0 Å². The van der Waals surface area contributed by atoms with Crippen molar-refractivity contribution in [3.8, 4) is 0 Å². The van der Waals surface area contributed by atoms with Crippen LogP contribution in [-0.2, 0) is 15.0 Å². The number of hydrogen-bond donors (Lipinski definition) is 2. The van der Waals surface area contributed by atoms with Crippen LogP contribution in [0.2, 0.25) is 0 Å². The van der Waals surface area contributed by atoms with Crippen molar-refractivity contribution in [3.05, 3.63) is 29.8 Å². The second kappa shape index (κ2) is 4.62. The molecule has 1 aromatic carbocycles. The van der Waals surface area contributed by atoms with Gasteiger partial charge in [0.2, 0.25) is 5.91 Å². The molecule has 2 N–H and O–H groups in total. The number of rotatable bonds is 4. The Morgan fingerprint density at radius 2 is 1.75 bits per heavy atom. The third-order valence-electron chi connectivity index (χ3n) is 4.24. The van der Waals surface area contributed by atoms with Gasteiger partial charge in [0, 0.05) is 11.6 Å². The maximum atomic E-state index is 12.0.